The molecule has 5 atom stereocenters. The van der Waals surface area contributed by atoms with E-state index in [1.807, 2.05) is 12.1 Å². The van der Waals surface area contributed by atoms with Crippen molar-refractivity contribution < 1.29 is 10.2 Å². The van der Waals surface area contributed by atoms with Gasteiger partial charge in [0.25, 0.3) is 0 Å². The van der Waals surface area contributed by atoms with Gasteiger partial charge >= 0.3 is 0 Å². The summed E-state index contributed by atoms with van der Waals surface area (Å²) < 4.78 is 0. The molecule has 3 aliphatic carbocycles. The molecule has 0 aromatic heterocycles. The third kappa shape index (κ3) is 2.03. The Hall–Kier alpha value is -1.02. The van der Waals surface area contributed by atoms with Gasteiger partial charge in [-0.25, -0.2) is 0 Å². The van der Waals surface area contributed by atoms with Gasteiger partial charge in [0.05, 0.1) is 6.10 Å². The molecule has 2 N–H and O–H groups in total. The molecule has 4 rings (SSSR count). The first-order valence-corrected chi connectivity index (χ1v) is 8.57. The lowest BCUT2D eigenvalue weighted by atomic mass is 9.58. The Morgan fingerprint density at radius 3 is 2.81 bits per heavy atom. The molecule has 0 heterocycles. The van der Waals surface area contributed by atoms with Gasteiger partial charge in [0.15, 0.2) is 0 Å². The molecular formula is C19H26O2. The Bertz CT molecular complexity index is 552. The fourth-order valence-corrected chi connectivity index (χ4v) is 5.68. The van der Waals surface area contributed by atoms with Gasteiger partial charge in [-0.05, 0) is 91.4 Å². The number of aliphatic hydroxyl groups is 1. The highest BCUT2D eigenvalue weighted by Crippen LogP contribution is 2.58. The molecule has 1 aromatic carbocycles. The summed E-state index contributed by atoms with van der Waals surface area (Å²) in [6, 6.07) is 5.94. The van der Waals surface area contributed by atoms with E-state index in [0.717, 1.165) is 24.7 Å². The first kappa shape index (κ1) is 13.6. The fraction of sp³-hybridized carbons (Fsp3) is 0.684. The van der Waals surface area contributed by atoms with Crippen LogP contribution in [0.2, 0.25) is 0 Å². The number of fused-ring (bicyclic) bond motifs is 4. The molecule has 21 heavy (non-hydrogen) atoms. The van der Waals surface area contributed by atoms with E-state index in [9.17, 15) is 10.2 Å². The quantitative estimate of drug-likeness (QED) is 0.763. The van der Waals surface area contributed by atoms with Crippen molar-refractivity contribution >= 4 is 0 Å². The van der Waals surface area contributed by atoms with Crippen molar-refractivity contribution in [2.45, 2.75) is 58.0 Å². The molecule has 2 fully saturated rings. The normalized spacial score (nSPS) is 41.8. The second-order valence-corrected chi connectivity index (χ2v) is 7.86. The number of hydrogen-bond acceptors (Lipinski definition) is 2. The highest BCUT2D eigenvalue weighted by Gasteiger charge is 2.53. The SMILES string of the molecule is CC12CCC3Cc4ccc(O)cc4CCC3C1CCC2O. The number of aromatic hydroxyl groups is 1. The van der Waals surface area contributed by atoms with Gasteiger partial charge in [-0.15, -0.1) is 0 Å². The molecule has 0 aliphatic heterocycles. The van der Waals surface area contributed by atoms with Crippen LogP contribution in [-0.2, 0) is 12.8 Å². The van der Waals surface area contributed by atoms with Crippen LogP contribution in [-0.4, -0.2) is 16.3 Å². The van der Waals surface area contributed by atoms with Crippen LogP contribution in [0, 0.1) is 23.2 Å². The minimum Gasteiger partial charge on any atom is -0.508 e. The topological polar surface area (TPSA) is 40.5 Å². The van der Waals surface area contributed by atoms with E-state index in [4.69, 9.17) is 0 Å². The monoisotopic (exact) mass is 286 g/mol. The molecule has 0 amide bonds. The lowest BCUT2D eigenvalue weighted by molar-refractivity contribution is -0.0338. The van der Waals surface area contributed by atoms with Gasteiger partial charge in [0, 0.05) is 0 Å². The molecule has 1 aromatic rings. The van der Waals surface area contributed by atoms with Crippen LogP contribution in [0.1, 0.15) is 50.2 Å². The standard InChI is InChI=1S/C19H26O2/c1-19-9-8-14-10-12-2-4-15(20)11-13(12)3-5-16(14)17(19)6-7-18(19)21/h2,4,11,14,16-18,20-21H,3,5-10H2,1H3. The van der Waals surface area contributed by atoms with Gasteiger partial charge in [0.1, 0.15) is 5.75 Å². The summed E-state index contributed by atoms with van der Waals surface area (Å²) >= 11 is 0. The molecule has 3 aliphatic rings. The van der Waals surface area contributed by atoms with Crippen LogP contribution in [0.25, 0.3) is 0 Å². The zero-order valence-corrected chi connectivity index (χ0v) is 12.9. The van der Waals surface area contributed by atoms with Gasteiger partial charge < -0.3 is 10.2 Å². The zero-order chi connectivity index (χ0) is 14.6. The highest BCUT2D eigenvalue weighted by atomic mass is 16.3. The van der Waals surface area contributed by atoms with E-state index in [-0.39, 0.29) is 11.5 Å². The summed E-state index contributed by atoms with van der Waals surface area (Å²) in [7, 11) is 0. The summed E-state index contributed by atoms with van der Waals surface area (Å²) in [6.45, 7) is 2.33. The molecule has 0 spiro atoms. The Morgan fingerprint density at radius 1 is 1.10 bits per heavy atom. The van der Waals surface area contributed by atoms with Crippen LogP contribution in [0.15, 0.2) is 18.2 Å². The van der Waals surface area contributed by atoms with E-state index in [0.29, 0.717) is 11.7 Å². The van der Waals surface area contributed by atoms with Crippen molar-refractivity contribution in [2.24, 2.45) is 23.2 Å². The number of aliphatic hydroxyl groups excluding tert-OH is 1. The molecule has 0 radical (unpaired) electrons. The number of rotatable bonds is 0. The number of phenolic OH excluding ortho intramolecular Hbond substituents is 1. The van der Waals surface area contributed by atoms with Crippen molar-refractivity contribution in [2.75, 3.05) is 0 Å². The average molecular weight is 286 g/mol. The summed E-state index contributed by atoms with van der Waals surface area (Å²) in [5, 5.41) is 20.2. The fourth-order valence-electron chi connectivity index (χ4n) is 5.68. The number of benzene rings is 1. The number of hydrogen-bond donors (Lipinski definition) is 2. The van der Waals surface area contributed by atoms with Crippen molar-refractivity contribution in [3.05, 3.63) is 29.3 Å². The Morgan fingerprint density at radius 2 is 1.95 bits per heavy atom. The first-order chi connectivity index (χ1) is 10.1. The van der Waals surface area contributed by atoms with E-state index in [2.05, 4.69) is 13.0 Å². The predicted octanol–water partition coefficient (Wildman–Crippen LogP) is 3.68. The van der Waals surface area contributed by atoms with Gasteiger partial charge in [-0.1, -0.05) is 13.0 Å². The lowest BCUT2D eigenvalue weighted by Crippen LogP contribution is -2.43. The molecule has 2 nitrogen and oxygen atoms in total. The van der Waals surface area contributed by atoms with E-state index in [1.165, 1.54) is 43.2 Å². The van der Waals surface area contributed by atoms with Crippen LogP contribution in [0.3, 0.4) is 0 Å². The zero-order valence-electron chi connectivity index (χ0n) is 12.9. The van der Waals surface area contributed by atoms with Crippen molar-refractivity contribution in [1.82, 2.24) is 0 Å². The van der Waals surface area contributed by atoms with Crippen LogP contribution in [0.5, 0.6) is 5.75 Å². The molecule has 2 heteroatoms. The predicted molar refractivity (Wildman–Crippen MR) is 83.2 cm³/mol. The maximum atomic E-state index is 10.4. The number of phenols is 1. The molecule has 0 saturated heterocycles. The van der Waals surface area contributed by atoms with E-state index >= 15 is 0 Å². The molecular weight excluding hydrogens is 260 g/mol. The second kappa shape index (κ2) is 4.74. The maximum absolute atomic E-state index is 10.4. The van der Waals surface area contributed by atoms with Crippen LogP contribution >= 0.6 is 0 Å². The minimum absolute atomic E-state index is 0.0851. The number of aryl methyl sites for hydroxylation is 1. The van der Waals surface area contributed by atoms with Gasteiger partial charge in [-0.2, -0.15) is 0 Å². The smallest absolute Gasteiger partial charge is 0.115 e. The molecule has 114 valence electrons. The molecule has 0 bridgehead atoms. The molecule has 2 saturated carbocycles. The lowest BCUT2D eigenvalue weighted by Gasteiger charge is -2.47. The Kier molecular flexibility index (Phi) is 3.08. The largest absolute Gasteiger partial charge is 0.508 e. The van der Waals surface area contributed by atoms with E-state index in [1.54, 1.807) is 0 Å². The summed E-state index contributed by atoms with van der Waals surface area (Å²) in [5.74, 6) is 2.64. The van der Waals surface area contributed by atoms with Crippen LogP contribution in [0.4, 0.5) is 0 Å². The maximum Gasteiger partial charge on any atom is 0.115 e. The van der Waals surface area contributed by atoms with Gasteiger partial charge in [-0.3, -0.25) is 0 Å². The first-order valence-electron chi connectivity index (χ1n) is 8.57. The third-order valence-electron chi connectivity index (χ3n) is 6.95. The van der Waals surface area contributed by atoms with Crippen molar-refractivity contribution in [3.8, 4) is 5.75 Å². The second-order valence-electron chi connectivity index (χ2n) is 7.86. The average Bonchev–Trinajstić information content (AvgIpc) is 2.67. The van der Waals surface area contributed by atoms with Crippen molar-refractivity contribution in [3.63, 3.8) is 0 Å². The minimum atomic E-state index is -0.0851. The summed E-state index contributed by atoms with van der Waals surface area (Å²) in [6.07, 6.45) is 8.06. The van der Waals surface area contributed by atoms with E-state index < -0.39 is 0 Å². The van der Waals surface area contributed by atoms with Gasteiger partial charge in [0.2, 0.25) is 0 Å². The summed E-state index contributed by atoms with van der Waals surface area (Å²) in [4.78, 5) is 0. The Labute approximate surface area is 127 Å². The van der Waals surface area contributed by atoms with Crippen LogP contribution < -0.4 is 0 Å². The third-order valence-corrected chi connectivity index (χ3v) is 6.95. The van der Waals surface area contributed by atoms with Crippen molar-refractivity contribution in [1.29, 1.82) is 0 Å². The highest BCUT2D eigenvalue weighted by molar-refractivity contribution is 5.36. The molecule has 5 unspecified atom stereocenters. The summed E-state index contributed by atoms with van der Waals surface area (Å²) in [5.41, 5.74) is 2.96. The Balaban J connectivity index is 1.65.